The molecule has 31 heavy (non-hydrogen) atoms. The number of anilines is 1. The molecular weight excluding hydrogens is 396 g/mol. The molecular formula is C22H20N6O3. The summed E-state index contributed by atoms with van der Waals surface area (Å²) in [7, 11) is 0. The number of nitrogens with two attached hydrogens (primary N) is 1. The van der Waals surface area contributed by atoms with Gasteiger partial charge in [0.05, 0.1) is 17.3 Å². The smallest absolute Gasteiger partial charge is 0.145 e. The summed E-state index contributed by atoms with van der Waals surface area (Å²) < 4.78 is 9.84. The van der Waals surface area contributed by atoms with Gasteiger partial charge in [0.15, 0.2) is 0 Å². The summed E-state index contributed by atoms with van der Waals surface area (Å²) in [5.74, 6) is 6.94. The van der Waals surface area contributed by atoms with E-state index in [0.29, 0.717) is 22.6 Å². The number of aryl methyl sites for hydroxylation is 1. The molecule has 2 aliphatic carbocycles. The molecule has 5 atom stereocenters. The first kappa shape index (κ1) is 18.2. The van der Waals surface area contributed by atoms with Gasteiger partial charge in [0.1, 0.15) is 53.4 Å². The normalized spacial score (nSPS) is 28.9. The van der Waals surface area contributed by atoms with Crippen molar-refractivity contribution in [3.8, 4) is 17.6 Å². The Hall–Kier alpha value is -3.61. The van der Waals surface area contributed by atoms with Crippen molar-refractivity contribution in [2.45, 2.75) is 25.2 Å². The Kier molecular flexibility index (Phi) is 3.64. The minimum atomic E-state index is -1.06. The number of hydrogen-bond acceptors (Lipinski definition) is 7. The Bertz CT molecular complexity index is 1400. The number of nitrogens with zero attached hydrogens (tertiary/aromatic N) is 5. The molecule has 6 rings (SSSR count). The van der Waals surface area contributed by atoms with Gasteiger partial charge in [0.25, 0.3) is 0 Å². The molecule has 156 valence electrons. The van der Waals surface area contributed by atoms with Crippen molar-refractivity contribution in [3.05, 3.63) is 48.8 Å². The lowest BCUT2D eigenvalue weighted by atomic mass is 9.70. The number of fused-ring (bicyclic) bond motifs is 3. The van der Waals surface area contributed by atoms with E-state index in [2.05, 4.69) is 26.8 Å². The molecule has 0 saturated heterocycles. The zero-order chi connectivity index (χ0) is 21.3. The second-order valence-corrected chi connectivity index (χ2v) is 8.21. The molecule has 0 aliphatic heterocycles. The van der Waals surface area contributed by atoms with Crippen LogP contribution in [0.15, 0.2) is 43.1 Å². The largest absolute Gasteiger partial charge is 0.492 e. The average Bonchev–Trinajstić information content (AvgIpc) is 3.38. The number of aliphatic hydroxyl groups excluding tert-OH is 2. The topological polar surface area (TPSA) is 124 Å². The van der Waals surface area contributed by atoms with Crippen LogP contribution in [-0.4, -0.2) is 52.9 Å². The third-order valence-corrected chi connectivity index (χ3v) is 6.57. The average molecular weight is 416 g/mol. The van der Waals surface area contributed by atoms with Crippen molar-refractivity contribution in [2.24, 2.45) is 11.3 Å². The van der Waals surface area contributed by atoms with E-state index in [1.54, 1.807) is 6.20 Å². The molecule has 4 N–H and O–H groups in total. The van der Waals surface area contributed by atoms with Gasteiger partial charge in [-0.3, -0.25) is 0 Å². The second-order valence-electron chi connectivity index (χ2n) is 8.21. The first-order valence-electron chi connectivity index (χ1n) is 10.0. The predicted molar refractivity (Wildman–Crippen MR) is 112 cm³/mol. The number of ether oxygens (including phenoxy) is 1. The van der Waals surface area contributed by atoms with Gasteiger partial charge in [0.2, 0.25) is 0 Å². The molecule has 0 radical (unpaired) electrons. The number of pyridine rings is 1. The summed E-state index contributed by atoms with van der Waals surface area (Å²) in [6, 6.07) is 5.05. The van der Waals surface area contributed by atoms with Gasteiger partial charge in [-0.2, -0.15) is 0 Å². The lowest BCUT2D eigenvalue weighted by Crippen LogP contribution is -2.46. The van der Waals surface area contributed by atoms with E-state index in [4.69, 9.17) is 10.5 Å². The molecule has 0 spiro atoms. The summed E-state index contributed by atoms with van der Waals surface area (Å²) in [6.07, 6.45) is 4.79. The Morgan fingerprint density at radius 1 is 1.23 bits per heavy atom. The molecule has 4 heterocycles. The van der Waals surface area contributed by atoms with E-state index >= 15 is 0 Å². The van der Waals surface area contributed by atoms with Crippen LogP contribution in [0.2, 0.25) is 0 Å². The first-order chi connectivity index (χ1) is 15.0. The Labute approximate surface area is 177 Å². The molecule has 4 aromatic heterocycles. The Morgan fingerprint density at radius 2 is 2.10 bits per heavy atom. The second kappa shape index (κ2) is 6.20. The van der Waals surface area contributed by atoms with Crippen LogP contribution in [-0.2, 0) is 0 Å². The summed E-state index contributed by atoms with van der Waals surface area (Å²) in [4.78, 5) is 12.7. The van der Waals surface area contributed by atoms with E-state index < -0.39 is 23.7 Å². The van der Waals surface area contributed by atoms with Crippen molar-refractivity contribution in [1.82, 2.24) is 23.9 Å². The lowest BCUT2D eigenvalue weighted by Gasteiger charge is -2.36. The Balaban J connectivity index is 1.31. The maximum absolute atomic E-state index is 11.0. The quantitative estimate of drug-likeness (QED) is 0.423. The van der Waals surface area contributed by atoms with E-state index in [1.807, 2.05) is 46.5 Å². The fourth-order valence-corrected chi connectivity index (χ4v) is 4.83. The minimum Gasteiger partial charge on any atom is -0.492 e. The fraction of sp³-hybridized carbons (Fsp3) is 0.318. The van der Waals surface area contributed by atoms with E-state index in [-0.39, 0.29) is 12.5 Å². The highest BCUT2D eigenvalue weighted by atomic mass is 16.5. The van der Waals surface area contributed by atoms with Gasteiger partial charge in [-0.25, -0.2) is 15.0 Å². The highest BCUT2D eigenvalue weighted by molar-refractivity contribution is 5.86. The molecule has 1 saturated carbocycles. The van der Waals surface area contributed by atoms with Crippen molar-refractivity contribution < 1.29 is 14.9 Å². The number of aliphatic hydroxyl groups is 2. The molecule has 0 amide bonds. The zero-order valence-electron chi connectivity index (χ0n) is 16.7. The molecule has 1 fully saturated rings. The summed E-state index contributed by atoms with van der Waals surface area (Å²) in [5, 5.41) is 22.6. The van der Waals surface area contributed by atoms with Crippen LogP contribution < -0.4 is 10.5 Å². The van der Waals surface area contributed by atoms with Gasteiger partial charge < -0.3 is 29.7 Å². The number of hydrogen-bond donors (Lipinski definition) is 3. The molecule has 0 aromatic carbocycles. The van der Waals surface area contributed by atoms with E-state index in [9.17, 15) is 10.2 Å². The summed E-state index contributed by atoms with van der Waals surface area (Å²) in [5.41, 5.74) is 7.51. The van der Waals surface area contributed by atoms with Crippen molar-refractivity contribution in [3.63, 3.8) is 0 Å². The number of aromatic nitrogens is 5. The van der Waals surface area contributed by atoms with E-state index in [0.717, 1.165) is 11.3 Å². The number of nitrogen functional groups attached to an aromatic ring is 1. The lowest BCUT2D eigenvalue weighted by molar-refractivity contribution is -0.0261. The van der Waals surface area contributed by atoms with Crippen LogP contribution in [0.1, 0.15) is 11.7 Å². The predicted octanol–water partition coefficient (Wildman–Crippen LogP) is 0.945. The molecule has 2 aliphatic rings. The number of imidazole rings is 1. The van der Waals surface area contributed by atoms with Crippen molar-refractivity contribution >= 4 is 22.5 Å². The number of rotatable bonds is 4. The maximum Gasteiger partial charge on any atom is 0.145 e. The van der Waals surface area contributed by atoms with Crippen LogP contribution in [0.25, 0.3) is 16.7 Å². The third-order valence-electron chi connectivity index (χ3n) is 6.57. The van der Waals surface area contributed by atoms with Crippen LogP contribution in [0.5, 0.6) is 5.75 Å². The van der Waals surface area contributed by atoms with Crippen LogP contribution >= 0.6 is 0 Å². The van der Waals surface area contributed by atoms with Crippen molar-refractivity contribution in [1.29, 1.82) is 0 Å². The van der Waals surface area contributed by atoms with Gasteiger partial charge in [-0.15, -0.1) is 0 Å². The van der Waals surface area contributed by atoms with Gasteiger partial charge in [-0.1, -0.05) is 11.8 Å². The highest BCUT2D eigenvalue weighted by Crippen LogP contribution is 2.54. The highest BCUT2D eigenvalue weighted by Gasteiger charge is 2.63. The first-order valence-corrected chi connectivity index (χ1v) is 10.0. The maximum atomic E-state index is 11.0. The SMILES string of the molecule is Cc1cnc2cc(OC[C@@]34C#C[C@@H]3[C@@H](n3ccc5c(N)ncnc53)[C@H](O)[C@@H]4O)ccn12. The summed E-state index contributed by atoms with van der Waals surface area (Å²) >= 11 is 0. The van der Waals surface area contributed by atoms with Crippen LogP contribution in [0.3, 0.4) is 0 Å². The molecule has 9 heteroatoms. The van der Waals surface area contributed by atoms with E-state index in [1.165, 1.54) is 6.33 Å². The minimum absolute atomic E-state index is 0.158. The standard InChI is InChI=1S/C22H20N6O3/c1-12-9-24-16-8-13(3-6-27(12)16)31-10-22-5-2-15(22)17(18(29)19(22)30)28-7-4-14-20(23)25-11-26-21(14)28/h3-4,6-9,11,15,17-19,29-30H,10H2,1H3,(H2,23,25,26)/t15-,17-,18+,19+,22+/m1/s1. The van der Waals surface area contributed by atoms with Gasteiger partial charge in [-0.05, 0) is 19.1 Å². The molecule has 0 unspecified atom stereocenters. The van der Waals surface area contributed by atoms with Crippen LogP contribution in [0, 0.1) is 30.1 Å². The molecule has 4 aromatic rings. The monoisotopic (exact) mass is 416 g/mol. The molecule has 0 bridgehead atoms. The Morgan fingerprint density at radius 3 is 2.90 bits per heavy atom. The third kappa shape index (κ3) is 2.37. The van der Waals surface area contributed by atoms with Crippen LogP contribution in [0.4, 0.5) is 5.82 Å². The van der Waals surface area contributed by atoms with Gasteiger partial charge in [0, 0.05) is 30.4 Å². The molecule has 9 nitrogen and oxygen atoms in total. The van der Waals surface area contributed by atoms with Crippen molar-refractivity contribution in [2.75, 3.05) is 12.3 Å². The summed E-state index contributed by atoms with van der Waals surface area (Å²) in [6.45, 7) is 2.14. The fourth-order valence-electron chi connectivity index (χ4n) is 4.83. The van der Waals surface area contributed by atoms with Gasteiger partial charge >= 0.3 is 0 Å². The zero-order valence-corrected chi connectivity index (χ0v) is 16.7.